The van der Waals surface area contributed by atoms with Crippen molar-refractivity contribution in [3.63, 3.8) is 0 Å². The zero-order valence-electron chi connectivity index (χ0n) is 6.69. The van der Waals surface area contributed by atoms with Crippen LogP contribution in [0.1, 0.15) is 5.56 Å². The van der Waals surface area contributed by atoms with Gasteiger partial charge >= 0.3 is 8.25 Å². The van der Waals surface area contributed by atoms with E-state index in [1.54, 1.807) is 18.5 Å². The van der Waals surface area contributed by atoms with Crippen LogP contribution in [0.4, 0.5) is 0 Å². The molecule has 0 fully saturated rings. The average Bonchev–Trinajstić information content (AvgIpc) is 2.16. The molecule has 0 bridgehead atoms. The van der Waals surface area contributed by atoms with Crippen LogP contribution in [0.3, 0.4) is 0 Å². The molecule has 1 rings (SSSR count). The Morgan fingerprint density at radius 2 is 2.50 bits per heavy atom. The Hall–Kier alpha value is -0.700. The van der Waals surface area contributed by atoms with E-state index in [1.807, 2.05) is 6.07 Å². The van der Waals surface area contributed by atoms with Crippen LogP contribution in [-0.2, 0) is 20.2 Å². The van der Waals surface area contributed by atoms with Gasteiger partial charge in [-0.05, 0) is 11.6 Å². The van der Waals surface area contributed by atoms with Crippen molar-refractivity contribution in [2.24, 2.45) is 0 Å². The van der Waals surface area contributed by atoms with Crippen LogP contribution in [-0.4, -0.2) is 12.1 Å². The predicted octanol–water partition coefficient (Wildman–Crippen LogP) is 1.63. The summed E-state index contributed by atoms with van der Waals surface area (Å²) in [5, 5.41) is 0. The zero-order chi connectivity index (χ0) is 8.81. The van der Waals surface area contributed by atoms with Gasteiger partial charge in [-0.25, -0.2) is 0 Å². The van der Waals surface area contributed by atoms with E-state index in [-0.39, 0.29) is 6.61 Å². The van der Waals surface area contributed by atoms with Crippen molar-refractivity contribution in [2.75, 3.05) is 7.11 Å². The zero-order valence-corrected chi connectivity index (χ0v) is 7.69. The standard InChI is InChI=1S/C7H10NO3P/c1-10-12(9)11-6-7-3-2-4-8-5-7/h2-5,12H,6H2,1H3. The minimum atomic E-state index is -2.30. The van der Waals surface area contributed by atoms with Crippen LogP contribution in [0.2, 0.25) is 0 Å². The molecule has 0 saturated heterocycles. The van der Waals surface area contributed by atoms with Crippen LogP contribution >= 0.6 is 8.25 Å². The number of pyridine rings is 1. The van der Waals surface area contributed by atoms with Gasteiger partial charge in [0.15, 0.2) is 0 Å². The summed E-state index contributed by atoms with van der Waals surface area (Å²) in [5.74, 6) is 0. The maximum Gasteiger partial charge on any atom is 0.319 e. The third-order valence-corrected chi connectivity index (χ3v) is 1.96. The van der Waals surface area contributed by atoms with Crippen LogP contribution in [0, 0.1) is 0 Å². The van der Waals surface area contributed by atoms with E-state index in [9.17, 15) is 4.57 Å². The van der Waals surface area contributed by atoms with Gasteiger partial charge in [0.1, 0.15) is 0 Å². The molecule has 1 atom stereocenters. The van der Waals surface area contributed by atoms with Crippen molar-refractivity contribution in [3.05, 3.63) is 30.1 Å². The van der Waals surface area contributed by atoms with E-state index in [4.69, 9.17) is 4.52 Å². The van der Waals surface area contributed by atoms with Gasteiger partial charge in [-0.15, -0.1) is 0 Å². The lowest BCUT2D eigenvalue weighted by molar-refractivity contribution is 0.248. The lowest BCUT2D eigenvalue weighted by Gasteiger charge is -2.00. The maximum absolute atomic E-state index is 10.7. The Balaban J connectivity index is 2.38. The fourth-order valence-electron chi connectivity index (χ4n) is 0.685. The quantitative estimate of drug-likeness (QED) is 0.672. The fourth-order valence-corrected chi connectivity index (χ4v) is 1.09. The summed E-state index contributed by atoms with van der Waals surface area (Å²) in [6.07, 6.45) is 3.33. The third-order valence-electron chi connectivity index (χ3n) is 1.25. The Kier molecular flexibility index (Phi) is 3.94. The average molecular weight is 187 g/mol. The van der Waals surface area contributed by atoms with E-state index >= 15 is 0 Å². The normalized spacial score (nSPS) is 12.8. The van der Waals surface area contributed by atoms with Crippen molar-refractivity contribution in [1.29, 1.82) is 0 Å². The largest absolute Gasteiger partial charge is 0.319 e. The Morgan fingerprint density at radius 3 is 3.08 bits per heavy atom. The summed E-state index contributed by atoms with van der Waals surface area (Å²) in [6, 6.07) is 3.64. The Labute approximate surface area is 71.5 Å². The molecule has 0 aliphatic carbocycles. The second-order valence-corrected chi connectivity index (χ2v) is 3.30. The lowest BCUT2D eigenvalue weighted by atomic mass is 10.3. The van der Waals surface area contributed by atoms with Gasteiger partial charge in [-0.3, -0.25) is 9.55 Å². The summed E-state index contributed by atoms with van der Waals surface area (Å²) in [4.78, 5) is 3.88. The van der Waals surface area contributed by atoms with Crippen LogP contribution in [0.25, 0.3) is 0 Å². The number of nitrogens with zero attached hydrogens (tertiary/aromatic N) is 1. The first-order chi connectivity index (χ1) is 5.83. The van der Waals surface area contributed by atoms with Crippen molar-refractivity contribution < 1.29 is 13.6 Å². The van der Waals surface area contributed by atoms with Crippen LogP contribution < -0.4 is 0 Å². The first-order valence-electron chi connectivity index (χ1n) is 3.42. The van der Waals surface area contributed by atoms with E-state index in [2.05, 4.69) is 9.51 Å². The molecule has 0 aliphatic rings. The molecule has 1 unspecified atom stereocenters. The molecule has 0 amide bonds. The van der Waals surface area contributed by atoms with Crippen LogP contribution in [0.5, 0.6) is 0 Å². The summed E-state index contributed by atoms with van der Waals surface area (Å²) < 4.78 is 20.0. The molecule has 4 nitrogen and oxygen atoms in total. The fraction of sp³-hybridized carbons (Fsp3) is 0.286. The molecule has 0 spiro atoms. The molecule has 12 heavy (non-hydrogen) atoms. The minimum absolute atomic E-state index is 0.277. The highest BCUT2D eigenvalue weighted by Gasteiger charge is 1.96. The number of aromatic nitrogens is 1. The second-order valence-electron chi connectivity index (χ2n) is 2.10. The van der Waals surface area contributed by atoms with Gasteiger partial charge in [-0.1, -0.05) is 6.07 Å². The molecule has 0 radical (unpaired) electrons. The molecule has 0 aliphatic heterocycles. The summed E-state index contributed by atoms with van der Waals surface area (Å²) in [5.41, 5.74) is 0.882. The van der Waals surface area contributed by atoms with E-state index in [0.717, 1.165) is 5.56 Å². The maximum atomic E-state index is 10.7. The van der Waals surface area contributed by atoms with E-state index in [0.29, 0.717) is 0 Å². The minimum Gasteiger partial charge on any atom is -0.314 e. The highest BCUT2D eigenvalue weighted by Crippen LogP contribution is 2.23. The van der Waals surface area contributed by atoms with Crippen molar-refractivity contribution in [2.45, 2.75) is 6.61 Å². The van der Waals surface area contributed by atoms with E-state index < -0.39 is 8.25 Å². The first-order valence-corrected chi connectivity index (χ1v) is 4.65. The molecule has 1 aromatic rings. The SMILES string of the molecule is CO[PH](=O)OCc1cccnc1. The van der Waals surface area contributed by atoms with Gasteiger partial charge in [0, 0.05) is 19.5 Å². The monoisotopic (exact) mass is 187 g/mol. The van der Waals surface area contributed by atoms with Crippen molar-refractivity contribution in [1.82, 2.24) is 4.98 Å². The molecule has 0 aromatic carbocycles. The highest BCUT2D eigenvalue weighted by molar-refractivity contribution is 7.33. The predicted molar refractivity (Wildman–Crippen MR) is 45.0 cm³/mol. The molecular weight excluding hydrogens is 177 g/mol. The number of rotatable bonds is 4. The summed E-state index contributed by atoms with van der Waals surface area (Å²) in [7, 11) is -0.953. The Morgan fingerprint density at radius 1 is 1.67 bits per heavy atom. The molecule has 1 aromatic heterocycles. The Bertz CT molecular complexity index is 252. The molecule has 1 heterocycles. The van der Waals surface area contributed by atoms with Crippen molar-refractivity contribution >= 4 is 8.25 Å². The lowest BCUT2D eigenvalue weighted by Crippen LogP contribution is -1.86. The van der Waals surface area contributed by atoms with E-state index in [1.165, 1.54) is 7.11 Å². The van der Waals surface area contributed by atoms with Gasteiger partial charge < -0.3 is 9.05 Å². The molecule has 5 heteroatoms. The molecule has 0 N–H and O–H groups in total. The topological polar surface area (TPSA) is 48.4 Å². The third kappa shape index (κ3) is 3.13. The van der Waals surface area contributed by atoms with Gasteiger partial charge in [0.05, 0.1) is 6.61 Å². The molecule has 0 saturated carbocycles. The number of hydrogen-bond donors (Lipinski definition) is 0. The van der Waals surface area contributed by atoms with Gasteiger partial charge in [0.25, 0.3) is 0 Å². The van der Waals surface area contributed by atoms with Crippen LogP contribution in [0.15, 0.2) is 24.5 Å². The molecule has 66 valence electrons. The summed E-state index contributed by atoms with van der Waals surface area (Å²) in [6.45, 7) is 0.277. The van der Waals surface area contributed by atoms with Crippen molar-refractivity contribution in [3.8, 4) is 0 Å². The summed E-state index contributed by atoms with van der Waals surface area (Å²) >= 11 is 0. The number of hydrogen-bond acceptors (Lipinski definition) is 4. The smallest absolute Gasteiger partial charge is 0.314 e. The first kappa shape index (κ1) is 9.39. The molecular formula is C7H10NO3P. The highest BCUT2D eigenvalue weighted by atomic mass is 31.1. The second kappa shape index (κ2) is 5.04. The van der Waals surface area contributed by atoms with Gasteiger partial charge in [0.2, 0.25) is 0 Å². The van der Waals surface area contributed by atoms with Gasteiger partial charge in [-0.2, -0.15) is 0 Å².